The second-order valence-electron chi connectivity index (χ2n) is 20.9. The molecule has 340 valence electrons. The van der Waals surface area contributed by atoms with Gasteiger partial charge in [0.15, 0.2) is 0 Å². The van der Waals surface area contributed by atoms with Crippen molar-refractivity contribution in [1.82, 2.24) is 0 Å². The quantitative estimate of drug-likeness (QED) is 0.0576. The van der Waals surface area contributed by atoms with Crippen molar-refractivity contribution < 1.29 is 19.7 Å². The van der Waals surface area contributed by atoms with Crippen LogP contribution in [0.3, 0.4) is 0 Å². The highest BCUT2D eigenvalue weighted by Gasteiger charge is 2.46. The van der Waals surface area contributed by atoms with E-state index in [0.29, 0.717) is 47.8 Å². The number of unbranched alkanes of at least 4 members (excludes halogenated alkanes) is 10. The first-order chi connectivity index (χ1) is 29.3. The molecule has 4 aromatic rings. The summed E-state index contributed by atoms with van der Waals surface area (Å²) in [5.41, 5.74) is 4.64. The SMILES string of the molecule is CCCCCCCCOc1ccc(C(C)(C)C)cc1C(O)(c1cc(C(C)(C)C)ccc1OCCCCCCCC)C(Cc1ccccc1)N=Cc1cc(C)cc(C(C)(C)C)c1O. The number of aryl methyl sites for hydroxylation is 1. The van der Waals surface area contributed by atoms with Crippen LogP contribution in [-0.2, 0) is 28.3 Å². The fourth-order valence-electron chi connectivity index (χ4n) is 8.27. The fraction of sp³-hybridized carbons (Fsp3) is 0.561. The number of phenolic OH excluding ortho intramolecular Hbond substituents is 1. The number of hydrogen-bond acceptors (Lipinski definition) is 5. The van der Waals surface area contributed by atoms with Crippen molar-refractivity contribution in [2.45, 2.75) is 194 Å². The van der Waals surface area contributed by atoms with Crippen LogP contribution in [0.1, 0.15) is 198 Å². The van der Waals surface area contributed by atoms with Crippen molar-refractivity contribution in [1.29, 1.82) is 0 Å². The average Bonchev–Trinajstić information content (AvgIpc) is 3.21. The molecule has 0 radical (unpaired) electrons. The van der Waals surface area contributed by atoms with E-state index in [9.17, 15) is 10.2 Å². The van der Waals surface area contributed by atoms with Gasteiger partial charge in [-0.1, -0.05) is 189 Å². The van der Waals surface area contributed by atoms with E-state index < -0.39 is 11.6 Å². The molecule has 0 saturated carbocycles. The molecule has 0 aromatic heterocycles. The van der Waals surface area contributed by atoms with E-state index in [1.807, 2.05) is 24.3 Å². The number of phenols is 1. The maximum absolute atomic E-state index is 14.5. The van der Waals surface area contributed by atoms with Gasteiger partial charge >= 0.3 is 0 Å². The van der Waals surface area contributed by atoms with Gasteiger partial charge in [0.2, 0.25) is 0 Å². The van der Waals surface area contributed by atoms with E-state index in [4.69, 9.17) is 14.5 Å². The first kappa shape index (κ1) is 50.6. The van der Waals surface area contributed by atoms with E-state index in [1.54, 1.807) is 6.21 Å². The van der Waals surface area contributed by atoms with Crippen LogP contribution >= 0.6 is 0 Å². The molecule has 4 aromatic carbocycles. The van der Waals surface area contributed by atoms with E-state index in [0.717, 1.165) is 53.5 Å². The first-order valence-corrected chi connectivity index (χ1v) is 24.0. The summed E-state index contributed by atoms with van der Waals surface area (Å²) in [5.74, 6) is 1.52. The lowest BCUT2D eigenvalue weighted by molar-refractivity contribution is 0.0460. The summed E-state index contributed by atoms with van der Waals surface area (Å²) >= 11 is 0. The molecule has 5 nitrogen and oxygen atoms in total. The lowest BCUT2D eigenvalue weighted by atomic mass is 9.73. The molecule has 0 aliphatic rings. The van der Waals surface area contributed by atoms with Crippen LogP contribution in [0.5, 0.6) is 17.2 Å². The Labute approximate surface area is 377 Å². The Morgan fingerprint density at radius 1 is 0.565 bits per heavy atom. The number of aliphatic imine (C=N–C) groups is 1. The van der Waals surface area contributed by atoms with Crippen molar-refractivity contribution in [2.24, 2.45) is 4.99 Å². The molecule has 0 amide bonds. The molecular weight excluding hydrogens is 763 g/mol. The maximum Gasteiger partial charge on any atom is 0.144 e. The van der Waals surface area contributed by atoms with E-state index in [2.05, 4.69) is 138 Å². The fourth-order valence-corrected chi connectivity index (χ4v) is 8.27. The molecule has 0 aliphatic carbocycles. The van der Waals surface area contributed by atoms with Gasteiger partial charge in [0.25, 0.3) is 0 Å². The number of benzene rings is 4. The molecule has 0 saturated heterocycles. The molecule has 1 unspecified atom stereocenters. The van der Waals surface area contributed by atoms with Gasteiger partial charge in [0.1, 0.15) is 22.8 Å². The minimum atomic E-state index is -1.74. The van der Waals surface area contributed by atoms with Gasteiger partial charge in [-0.3, -0.25) is 4.99 Å². The molecule has 0 aliphatic heterocycles. The van der Waals surface area contributed by atoms with E-state index >= 15 is 0 Å². The smallest absolute Gasteiger partial charge is 0.144 e. The maximum atomic E-state index is 14.5. The Morgan fingerprint density at radius 3 is 1.48 bits per heavy atom. The third-order valence-corrected chi connectivity index (χ3v) is 12.3. The van der Waals surface area contributed by atoms with Crippen molar-refractivity contribution in [3.05, 3.63) is 123 Å². The molecule has 0 heterocycles. The molecule has 62 heavy (non-hydrogen) atoms. The van der Waals surface area contributed by atoms with Crippen molar-refractivity contribution >= 4 is 6.21 Å². The number of aromatic hydroxyl groups is 1. The molecule has 0 bridgehead atoms. The molecular formula is C57H83NO4. The van der Waals surface area contributed by atoms with Gasteiger partial charge in [0.05, 0.1) is 19.3 Å². The molecule has 0 fully saturated rings. The van der Waals surface area contributed by atoms with Crippen LogP contribution in [0.2, 0.25) is 0 Å². The van der Waals surface area contributed by atoms with E-state index in [1.165, 1.54) is 51.4 Å². The van der Waals surface area contributed by atoms with Crippen LogP contribution in [0, 0.1) is 6.92 Å². The highest BCUT2D eigenvalue weighted by molar-refractivity contribution is 5.85. The highest BCUT2D eigenvalue weighted by Crippen LogP contribution is 2.47. The van der Waals surface area contributed by atoms with Gasteiger partial charge in [-0.15, -0.1) is 0 Å². The molecule has 5 heteroatoms. The predicted octanol–water partition coefficient (Wildman–Crippen LogP) is 15.0. The van der Waals surface area contributed by atoms with Crippen LogP contribution < -0.4 is 9.47 Å². The minimum absolute atomic E-state index is 0.212. The van der Waals surface area contributed by atoms with Crippen molar-refractivity contribution in [2.75, 3.05) is 13.2 Å². The van der Waals surface area contributed by atoms with Crippen LogP contribution in [0.15, 0.2) is 83.9 Å². The Kier molecular flexibility index (Phi) is 18.8. The number of nitrogens with zero attached hydrogens (tertiary/aromatic N) is 1. The van der Waals surface area contributed by atoms with Crippen molar-refractivity contribution in [3.63, 3.8) is 0 Å². The van der Waals surface area contributed by atoms with Crippen molar-refractivity contribution in [3.8, 4) is 17.2 Å². The highest BCUT2D eigenvalue weighted by atomic mass is 16.5. The zero-order valence-electron chi connectivity index (χ0n) is 40.9. The van der Waals surface area contributed by atoms with Gasteiger partial charge in [-0.2, -0.15) is 0 Å². The lowest BCUT2D eigenvalue weighted by Gasteiger charge is -2.39. The summed E-state index contributed by atoms with van der Waals surface area (Å²) in [5, 5.41) is 26.3. The summed E-state index contributed by atoms with van der Waals surface area (Å²) in [7, 11) is 0. The van der Waals surface area contributed by atoms with E-state index in [-0.39, 0.29) is 22.0 Å². The van der Waals surface area contributed by atoms with Crippen LogP contribution in [-0.4, -0.2) is 35.7 Å². The zero-order valence-corrected chi connectivity index (χ0v) is 40.9. The average molecular weight is 846 g/mol. The number of rotatable bonds is 23. The predicted molar refractivity (Wildman–Crippen MR) is 264 cm³/mol. The Hall–Kier alpha value is -4.09. The molecule has 0 spiro atoms. The third-order valence-electron chi connectivity index (χ3n) is 12.3. The number of hydrogen-bond donors (Lipinski definition) is 2. The molecule has 4 rings (SSSR count). The zero-order chi connectivity index (χ0) is 45.6. The summed E-state index contributed by atoms with van der Waals surface area (Å²) in [6.07, 6.45) is 16.1. The monoisotopic (exact) mass is 846 g/mol. The van der Waals surface area contributed by atoms with Gasteiger partial charge in [-0.05, 0) is 95.0 Å². The second-order valence-corrected chi connectivity index (χ2v) is 20.9. The normalized spacial score (nSPS) is 13.2. The standard InChI is InChI=1S/C57H83NO4/c1-13-15-17-19-21-26-34-61-50-32-30-45(54(4,5)6)39-47(50)57(60,48-40-46(55(7,8)9)31-33-51(48)62-35-27-22-20-18-16-14-2)52(38-43-28-24-23-25-29-43)58-41-44-36-42(3)37-49(53(44)59)56(10,11)12/h23-25,28-33,36-37,39-41,52,59-60H,13-22,26-27,34-35,38H2,1-12H3. The summed E-state index contributed by atoms with van der Waals surface area (Å²) in [6.45, 7) is 27.3. The first-order valence-electron chi connectivity index (χ1n) is 24.0. The Morgan fingerprint density at radius 2 is 1.03 bits per heavy atom. The van der Waals surface area contributed by atoms with Gasteiger partial charge in [0, 0.05) is 28.5 Å². The van der Waals surface area contributed by atoms with Gasteiger partial charge < -0.3 is 19.7 Å². The van der Waals surface area contributed by atoms with Gasteiger partial charge in [-0.25, -0.2) is 0 Å². The molecule has 2 N–H and O–H groups in total. The number of ether oxygens (including phenoxy) is 2. The largest absolute Gasteiger partial charge is 0.507 e. The topological polar surface area (TPSA) is 71.3 Å². The van der Waals surface area contributed by atoms with Crippen LogP contribution in [0.4, 0.5) is 0 Å². The molecule has 1 atom stereocenters. The lowest BCUT2D eigenvalue weighted by Crippen LogP contribution is -2.42. The summed E-state index contributed by atoms with van der Waals surface area (Å²) in [6, 6.07) is 26.3. The number of aliphatic hydroxyl groups is 1. The third kappa shape index (κ3) is 14.2. The van der Waals surface area contributed by atoms with Crippen LogP contribution in [0.25, 0.3) is 0 Å². The summed E-state index contributed by atoms with van der Waals surface area (Å²) < 4.78 is 13.6. The Balaban J connectivity index is 2.05. The second kappa shape index (κ2) is 23.0. The Bertz CT molecular complexity index is 1910. The minimum Gasteiger partial charge on any atom is -0.507 e. The summed E-state index contributed by atoms with van der Waals surface area (Å²) in [4.78, 5) is 5.44.